The molecule has 0 radical (unpaired) electrons. The SMILES string of the molecule is Cc1c(Cl)cccc1NC(=O)[C@H]1CC(=O)N(c2ccc(C(C)C)cc2)C1. The predicted octanol–water partition coefficient (Wildman–Crippen LogP) is 4.76. The van der Waals surface area contributed by atoms with E-state index in [4.69, 9.17) is 11.6 Å². The molecule has 0 unspecified atom stereocenters. The maximum atomic E-state index is 12.6. The van der Waals surface area contributed by atoms with Gasteiger partial charge >= 0.3 is 0 Å². The van der Waals surface area contributed by atoms with E-state index in [-0.39, 0.29) is 24.2 Å². The van der Waals surface area contributed by atoms with Gasteiger partial charge in [-0.1, -0.05) is 43.6 Å². The van der Waals surface area contributed by atoms with Gasteiger partial charge in [0, 0.05) is 29.4 Å². The van der Waals surface area contributed by atoms with Crippen LogP contribution in [0.2, 0.25) is 5.02 Å². The molecule has 4 nitrogen and oxygen atoms in total. The molecule has 1 saturated heterocycles. The third kappa shape index (κ3) is 3.75. The first-order valence-corrected chi connectivity index (χ1v) is 9.21. The minimum atomic E-state index is -0.370. The molecule has 3 rings (SSSR count). The Bertz CT molecular complexity index is 830. The van der Waals surface area contributed by atoms with Crippen LogP contribution in [0.5, 0.6) is 0 Å². The van der Waals surface area contributed by atoms with Crippen molar-refractivity contribution in [2.45, 2.75) is 33.1 Å². The highest BCUT2D eigenvalue weighted by Crippen LogP contribution is 2.29. The van der Waals surface area contributed by atoms with Gasteiger partial charge in [-0.15, -0.1) is 0 Å². The number of halogens is 1. The molecule has 0 aliphatic carbocycles. The van der Waals surface area contributed by atoms with Gasteiger partial charge in [-0.05, 0) is 48.2 Å². The zero-order chi connectivity index (χ0) is 18.8. The summed E-state index contributed by atoms with van der Waals surface area (Å²) in [7, 11) is 0. The van der Waals surface area contributed by atoms with Crippen molar-refractivity contribution in [3.63, 3.8) is 0 Å². The summed E-state index contributed by atoms with van der Waals surface area (Å²) in [5.41, 5.74) is 3.59. The Hall–Kier alpha value is -2.33. The molecule has 0 aromatic heterocycles. The Morgan fingerprint density at radius 3 is 2.54 bits per heavy atom. The Morgan fingerprint density at radius 1 is 1.19 bits per heavy atom. The number of anilines is 2. The van der Waals surface area contributed by atoms with Gasteiger partial charge in [0.25, 0.3) is 0 Å². The topological polar surface area (TPSA) is 49.4 Å². The van der Waals surface area contributed by atoms with Crippen LogP contribution in [0.25, 0.3) is 0 Å². The molecule has 1 N–H and O–H groups in total. The summed E-state index contributed by atoms with van der Waals surface area (Å²) >= 11 is 6.10. The van der Waals surface area contributed by atoms with E-state index in [2.05, 4.69) is 19.2 Å². The number of carbonyl (C=O) groups is 2. The van der Waals surface area contributed by atoms with E-state index in [1.54, 1.807) is 17.0 Å². The van der Waals surface area contributed by atoms with Gasteiger partial charge in [0.2, 0.25) is 11.8 Å². The molecule has 0 spiro atoms. The number of carbonyl (C=O) groups excluding carboxylic acids is 2. The van der Waals surface area contributed by atoms with E-state index in [1.807, 2.05) is 37.3 Å². The first-order valence-electron chi connectivity index (χ1n) is 8.83. The average molecular weight is 371 g/mol. The molecule has 2 aromatic carbocycles. The van der Waals surface area contributed by atoms with E-state index in [1.165, 1.54) is 5.56 Å². The molecule has 136 valence electrons. The molecule has 1 atom stereocenters. The molecule has 2 amide bonds. The number of hydrogen-bond acceptors (Lipinski definition) is 2. The normalized spacial score (nSPS) is 17.0. The monoisotopic (exact) mass is 370 g/mol. The fourth-order valence-electron chi connectivity index (χ4n) is 3.15. The highest BCUT2D eigenvalue weighted by molar-refractivity contribution is 6.31. The van der Waals surface area contributed by atoms with Crippen LogP contribution in [0.3, 0.4) is 0 Å². The number of nitrogens with zero attached hydrogens (tertiary/aromatic N) is 1. The summed E-state index contributed by atoms with van der Waals surface area (Å²) in [6.07, 6.45) is 0.220. The van der Waals surface area contributed by atoms with Crippen LogP contribution in [0.4, 0.5) is 11.4 Å². The van der Waals surface area contributed by atoms with E-state index < -0.39 is 0 Å². The van der Waals surface area contributed by atoms with E-state index >= 15 is 0 Å². The second kappa shape index (κ2) is 7.50. The fourth-order valence-corrected chi connectivity index (χ4v) is 3.32. The Kier molecular flexibility index (Phi) is 5.33. The van der Waals surface area contributed by atoms with Gasteiger partial charge in [0.05, 0.1) is 5.92 Å². The summed E-state index contributed by atoms with van der Waals surface area (Å²) in [4.78, 5) is 26.7. The molecule has 2 aromatic rings. The van der Waals surface area contributed by atoms with Crippen LogP contribution in [0.15, 0.2) is 42.5 Å². The number of hydrogen-bond donors (Lipinski definition) is 1. The molecule has 0 bridgehead atoms. The van der Waals surface area contributed by atoms with Gasteiger partial charge in [0.1, 0.15) is 0 Å². The van der Waals surface area contributed by atoms with Crippen LogP contribution in [0.1, 0.15) is 37.3 Å². The number of amides is 2. The van der Waals surface area contributed by atoms with E-state index in [9.17, 15) is 9.59 Å². The zero-order valence-corrected chi connectivity index (χ0v) is 16.0. The lowest BCUT2D eigenvalue weighted by Gasteiger charge is -2.18. The fraction of sp³-hybridized carbons (Fsp3) is 0.333. The average Bonchev–Trinajstić information content (AvgIpc) is 3.01. The number of nitrogens with one attached hydrogen (secondary N) is 1. The summed E-state index contributed by atoms with van der Waals surface area (Å²) in [5, 5.41) is 3.52. The Balaban J connectivity index is 1.70. The van der Waals surface area contributed by atoms with Crippen molar-refractivity contribution < 1.29 is 9.59 Å². The molecule has 1 heterocycles. The highest BCUT2D eigenvalue weighted by Gasteiger charge is 2.35. The molecule has 0 saturated carbocycles. The highest BCUT2D eigenvalue weighted by atomic mass is 35.5. The van der Waals surface area contributed by atoms with Crippen molar-refractivity contribution in [3.8, 4) is 0 Å². The standard InChI is InChI=1S/C21H23ClN2O2/c1-13(2)15-7-9-17(10-8-15)24-12-16(11-20(24)25)21(26)23-19-6-4-5-18(22)14(19)3/h4-10,13,16H,11-12H2,1-3H3,(H,23,26)/t16-/m0/s1. The summed E-state index contributed by atoms with van der Waals surface area (Å²) in [5.74, 6) is -0.0984. The second-order valence-electron chi connectivity index (χ2n) is 7.05. The maximum Gasteiger partial charge on any atom is 0.229 e. The molecular weight excluding hydrogens is 348 g/mol. The number of benzene rings is 2. The van der Waals surface area contributed by atoms with Crippen molar-refractivity contribution in [2.24, 2.45) is 5.92 Å². The minimum absolute atomic E-state index is 0.0229. The molecular formula is C21H23ClN2O2. The summed E-state index contributed by atoms with van der Waals surface area (Å²) in [6, 6.07) is 13.4. The predicted molar refractivity (Wildman–Crippen MR) is 106 cm³/mol. The van der Waals surface area contributed by atoms with Gasteiger partial charge < -0.3 is 10.2 Å². The number of rotatable bonds is 4. The van der Waals surface area contributed by atoms with Crippen molar-refractivity contribution >= 4 is 34.8 Å². The van der Waals surface area contributed by atoms with E-state index in [0.29, 0.717) is 23.2 Å². The smallest absolute Gasteiger partial charge is 0.229 e. The lowest BCUT2D eigenvalue weighted by Crippen LogP contribution is -2.28. The van der Waals surface area contributed by atoms with Crippen molar-refractivity contribution in [1.29, 1.82) is 0 Å². The van der Waals surface area contributed by atoms with Crippen LogP contribution in [0, 0.1) is 12.8 Å². The third-order valence-corrected chi connectivity index (χ3v) is 5.30. The van der Waals surface area contributed by atoms with Crippen molar-refractivity contribution in [1.82, 2.24) is 0 Å². The molecule has 1 aliphatic rings. The zero-order valence-electron chi connectivity index (χ0n) is 15.3. The van der Waals surface area contributed by atoms with Gasteiger partial charge in [-0.2, -0.15) is 0 Å². The quantitative estimate of drug-likeness (QED) is 0.843. The second-order valence-corrected chi connectivity index (χ2v) is 7.46. The van der Waals surface area contributed by atoms with Gasteiger partial charge in [-0.25, -0.2) is 0 Å². The lowest BCUT2D eigenvalue weighted by atomic mass is 10.0. The Morgan fingerprint density at radius 2 is 1.88 bits per heavy atom. The lowest BCUT2D eigenvalue weighted by molar-refractivity contribution is -0.122. The largest absolute Gasteiger partial charge is 0.325 e. The van der Waals surface area contributed by atoms with Crippen LogP contribution in [-0.4, -0.2) is 18.4 Å². The maximum absolute atomic E-state index is 12.6. The third-order valence-electron chi connectivity index (χ3n) is 4.89. The van der Waals surface area contributed by atoms with Crippen LogP contribution in [-0.2, 0) is 9.59 Å². The van der Waals surface area contributed by atoms with E-state index in [0.717, 1.165) is 11.3 Å². The first kappa shape index (κ1) is 18.5. The van der Waals surface area contributed by atoms with Crippen LogP contribution < -0.4 is 10.2 Å². The van der Waals surface area contributed by atoms with Gasteiger partial charge in [-0.3, -0.25) is 9.59 Å². The van der Waals surface area contributed by atoms with Crippen molar-refractivity contribution in [3.05, 3.63) is 58.6 Å². The first-order chi connectivity index (χ1) is 12.4. The molecule has 26 heavy (non-hydrogen) atoms. The minimum Gasteiger partial charge on any atom is -0.325 e. The van der Waals surface area contributed by atoms with Gasteiger partial charge in [0.15, 0.2) is 0 Å². The summed E-state index contributed by atoms with van der Waals surface area (Å²) < 4.78 is 0. The van der Waals surface area contributed by atoms with Crippen molar-refractivity contribution in [2.75, 3.05) is 16.8 Å². The molecule has 5 heteroatoms. The van der Waals surface area contributed by atoms with Crippen LogP contribution >= 0.6 is 11.6 Å². The molecule has 1 aliphatic heterocycles. The summed E-state index contributed by atoms with van der Waals surface area (Å²) in [6.45, 7) is 6.52. The molecule has 1 fully saturated rings. The Labute approximate surface area is 159 Å².